The minimum Gasteiger partial charge on any atom is -0.392 e. The average molecular weight is 251 g/mol. The van der Waals surface area contributed by atoms with Crippen LogP contribution in [-0.2, 0) is 0 Å². The summed E-state index contributed by atoms with van der Waals surface area (Å²) in [5, 5.41) is 9.98. The molecular weight excluding hydrogens is 228 g/mol. The standard InChI is InChI=1S/C11H23BrO/c1-2-3-4-5-6-7-8-9-11(13)10-12/h11,13H,2-10H2,1H3. The van der Waals surface area contributed by atoms with Crippen molar-refractivity contribution in [3.8, 4) is 0 Å². The number of halogens is 1. The molecule has 0 aromatic carbocycles. The maximum absolute atomic E-state index is 9.25. The second kappa shape index (κ2) is 10.5. The van der Waals surface area contributed by atoms with Crippen molar-refractivity contribution in [1.82, 2.24) is 0 Å². The fourth-order valence-electron chi connectivity index (χ4n) is 1.41. The first kappa shape index (κ1) is 13.4. The molecule has 0 saturated heterocycles. The van der Waals surface area contributed by atoms with Gasteiger partial charge in [0.15, 0.2) is 0 Å². The van der Waals surface area contributed by atoms with Gasteiger partial charge in [0, 0.05) is 5.33 Å². The van der Waals surface area contributed by atoms with Crippen LogP contribution in [0.2, 0.25) is 0 Å². The van der Waals surface area contributed by atoms with E-state index in [0.717, 1.165) is 11.8 Å². The third-order valence-electron chi connectivity index (χ3n) is 2.32. The van der Waals surface area contributed by atoms with Crippen LogP contribution in [0.3, 0.4) is 0 Å². The van der Waals surface area contributed by atoms with Crippen molar-refractivity contribution >= 4 is 15.9 Å². The Bertz CT molecular complexity index is 96.1. The monoisotopic (exact) mass is 250 g/mol. The Morgan fingerprint density at radius 2 is 1.54 bits per heavy atom. The highest BCUT2D eigenvalue weighted by Crippen LogP contribution is 2.10. The number of aliphatic hydroxyl groups is 1. The highest BCUT2D eigenvalue weighted by Gasteiger charge is 1.99. The van der Waals surface area contributed by atoms with Gasteiger partial charge in [-0.05, 0) is 6.42 Å². The van der Waals surface area contributed by atoms with E-state index in [1.165, 1.54) is 44.9 Å². The molecule has 2 heteroatoms. The van der Waals surface area contributed by atoms with Gasteiger partial charge >= 0.3 is 0 Å². The van der Waals surface area contributed by atoms with Crippen LogP contribution in [-0.4, -0.2) is 16.5 Å². The van der Waals surface area contributed by atoms with Gasteiger partial charge < -0.3 is 5.11 Å². The minimum absolute atomic E-state index is 0.129. The lowest BCUT2D eigenvalue weighted by atomic mass is 10.1. The van der Waals surface area contributed by atoms with Crippen molar-refractivity contribution in [3.63, 3.8) is 0 Å². The summed E-state index contributed by atoms with van der Waals surface area (Å²) in [5.41, 5.74) is 0. The molecule has 0 spiro atoms. The minimum atomic E-state index is -0.129. The zero-order valence-electron chi connectivity index (χ0n) is 8.77. The lowest BCUT2D eigenvalue weighted by Crippen LogP contribution is -2.06. The van der Waals surface area contributed by atoms with Crippen LogP contribution < -0.4 is 0 Å². The normalized spacial score (nSPS) is 13.2. The Morgan fingerprint density at radius 1 is 1.00 bits per heavy atom. The van der Waals surface area contributed by atoms with Gasteiger partial charge in [0.1, 0.15) is 0 Å². The molecule has 0 aromatic rings. The van der Waals surface area contributed by atoms with Crippen molar-refractivity contribution in [2.24, 2.45) is 0 Å². The third kappa shape index (κ3) is 10.4. The number of alkyl halides is 1. The van der Waals surface area contributed by atoms with Gasteiger partial charge in [-0.25, -0.2) is 0 Å². The molecule has 0 aliphatic heterocycles. The molecule has 0 aliphatic carbocycles. The Hall–Kier alpha value is 0.440. The summed E-state index contributed by atoms with van der Waals surface area (Å²) in [4.78, 5) is 0. The van der Waals surface area contributed by atoms with Crippen LogP contribution >= 0.6 is 15.9 Å². The SMILES string of the molecule is CCCCCCCCCC(O)CBr. The summed E-state index contributed by atoms with van der Waals surface area (Å²) in [6, 6.07) is 0. The number of hydrogen-bond acceptors (Lipinski definition) is 1. The molecule has 0 rings (SSSR count). The molecule has 0 saturated carbocycles. The first-order chi connectivity index (χ1) is 6.31. The summed E-state index contributed by atoms with van der Waals surface area (Å²) >= 11 is 3.27. The van der Waals surface area contributed by atoms with Crippen molar-refractivity contribution in [1.29, 1.82) is 0 Å². The summed E-state index contributed by atoms with van der Waals surface area (Å²) in [5.74, 6) is 0. The second-order valence-electron chi connectivity index (χ2n) is 3.72. The van der Waals surface area contributed by atoms with E-state index in [4.69, 9.17) is 0 Å². The summed E-state index contributed by atoms with van der Waals surface area (Å²) in [6.07, 6.45) is 10.1. The second-order valence-corrected chi connectivity index (χ2v) is 4.37. The van der Waals surface area contributed by atoms with Crippen LogP contribution in [0.25, 0.3) is 0 Å². The molecule has 13 heavy (non-hydrogen) atoms. The third-order valence-corrected chi connectivity index (χ3v) is 3.07. The van der Waals surface area contributed by atoms with Crippen LogP contribution in [0.4, 0.5) is 0 Å². The quantitative estimate of drug-likeness (QED) is 0.487. The van der Waals surface area contributed by atoms with Crippen LogP contribution in [0.15, 0.2) is 0 Å². The maximum atomic E-state index is 9.25. The van der Waals surface area contributed by atoms with E-state index < -0.39 is 0 Å². The molecule has 0 heterocycles. The fourth-order valence-corrected chi connectivity index (χ4v) is 1.74. The molecule has 0 amide bonds. The lowest BCUT2D eigenvalue weighted by Gasteiger charge is -2.05. The van der Waals surface area contributed by atoms with E-state index >= 15 is 0 Å². The van der Waals surface area contributed by atoms with E-state index in [2.05, 4.69) is 22.9 Å². The van der Waals surface area contributed by atoms with Crippen molar-refractivity contribution < 1.29 is 5.11 Å². The van der Waals surface area contributed by atoms with Crippen molar-refractivity contribution in [2.45, 2.75) is 64.4 Å². The van der Waals surface area contributed by atoms with Gasteiger partial charge in [-0.1, -0.05) is 67.8 Å². The Kier molecular flexibility index (Phi) is 10.9. The lowest BCUT2D eigenvalue weighted by molar-refractivity contribution is 0.186. The Balaban J connectivity index is 2.91. The molecule has 1 atom stereocenters. The molecule has 1 unspecified atom stereocenters. The average Bonchev–Trinajstić information content (AvgIpc) is 2.16. The van der Waals surface area contributed by atoms with E-state index in [-0.39, 0.29) is 6.10 Å². The first-order valence-corrected chi connectivity index (χ1v) is 6.67. The van der Waals surface area contributed by atoms with Gasteiger partial charge in [0.2, 0.25) is 0 Å². The van der Waals surface area contributed by atoms with Gasteiger partial charge in [0.05, 0.1) is 6.10 Å². The van der Waals surface area contributed by atoms with Crippen LogP contribution in [0, 0.1) is 0 Å². The topological polar surface area (TPSA) is 20.2 Å². The Morgan fingerprint density at radius 3 is 2.08 bits per heavy atom. The first-order valence-electron chi connectivity index (χ1n) is 5.55. The molecule has 0 aromatic heterocycles. The van der Waals surface area contributed by atoms with Gasteiger partial charge in [-0.2, -0.15) is 0 Å². The molecule has 1 nitrogen and oxygen atoms in total. The molecule has 80 valence electrons. The zero-order valence-corrected chi connectivity index (χ0v) is 10.4. The summed E-state index contributed by atoms with van der Waals surface area (Å²) in [7, 11) is 0. The van der Waals surface area contributed by atoms with E-state index in [0.29, 0.717) is 0 Å². The summed E-state index contributed by atoms with van der Waals surface area (Å²) < 4.78 is 0. The molecule has 0 fully saturated rings. The highest BCUT2D eigenvalue weighted by molar-refractivity contribution is 9.09. The molecule has 0 radical (unpaired) electrons. The number of unbranched alkanes of at least 4 members (excludes halogenated alkanes) is 6. The highest BCUT2D eigenvalue weighted by atomic mass is 79.9. The van der Waals surface area contributed by atoms with Crippen molar-refractivity contribution in [2.75, 3.05) is 5.33 Å². The zero-order chi connectivity index (χ0) is 9.94. The Labute approximate surface area is 91.1 Å². The van der Waals surface area contributed by atoms with E-state index in [1.54, 1.807) is 0 Å². The smallest absolute Gasteiger partial charge is 0.0637 e. The van der Waals surface area contributed by atoms with Gasteiger partial charge in [-0.15, -0.1) is 0 Å². The predicted octanol–water partition coefficient (Wildman–Crippen LogP) is 3.88. The number of rotatable bonds is 9. The molecule has 0 bridgehead atoms. The van der Waals surface area contributed by atoms with Crippen LogP contribution in [0.5, 0.6) is 0 Å². The van der Waals surface area contributed by atoms with Crippen LogP contribution in [0.1, 0.15) is 58.3 Å². The van der Waals surface area contributed by atoms with E-state index in [1.807, 2.05) is 0 Å². The number of aliphatic hydroxyl groups excluding tert-OH is 1. The predicted molar refractivity (Wildman–Crippen MR) is 62.4 cm³/mol. The molecule has 1 N–H and O–H groups in total. The largest absolute Gasteiger partial charge is 0.392 e. The summed E-state index contributed by atoms with van der Waals surface area (Å²) in [6.45, 7) is 2.24. The van der Waals surface area contributed by atoms with Crippen molar-refractivity contribution in [3.05, 3.63) is 0 Å². The fraction of sp³-hybridized carbons (Fsp3) is 1.00. The maximum Gasteiger partial charge on any atom is 0.0637 e. The van der Waals surface area contributed by atoms with E-state index in [9.17, 15) is 5.11 Å². The van der Waals surface area contributed by atoms with Gasteiger partial charge in [-0.3, -0.25) is 0 Å². The van der Waals surface area contributed by atoms with Gasteiger partial charge in [0.25, 0.3) is 0 Å². The number of hydrogen-bond donors (Lipinski definition) is 1. The molecular formula is C11H23BrO. The molecule has 0 aliphatic rings.